The Morgan fingerprint density at radius 1 is 1.43 bits per heavy atom. The summed E-state index contributed by atoms with van der Waals surface area (Å²) in [5, 5.41) is 7.27. The number of aryl methyl sites for hydroxylation is 3. The first kappa shape index (κ1) is 13.9. The van der Waals surface area contributed by atoms with Gasteiger partial charge < -0.3 is 9.88 Å². The van der Waals surface area contributed by atoms with Crippen LogP contribution in [-0.2, 0) is 25.3 Å². The lowest BCUT2D eigenvalue weighted by atomic mass is 10.1. The molecule has 0 saturated heterocycles. The molecule has 2 heterocycles. The van der Waals surface area contributed by atoms with Gasteiger partial charge in [-0.2, -0.15) is 5.10 Å². The molecule has 6 heteroatoms. The molecule has 0 radical (unpaired) electrons. The van der Waals surface area contributed by atoms with Gasteiger partial charge in [0.15, 0.2) is 0 Å². The molecular formula is C15H21N5O. The maximum absolute atomic E-state index is 12.2. The van der Waals surface area contributed by atoms with Crippen molar-refractivity contribution < 1.29 is 4.79 Å². The van der Waals surface area contributed by atoms with Gasteiger partial charge in [-0.15, -0.1) is 0 Å². The quantitative estimate of drug-likeness (QED) is 0.872. The second-order valence-corrected chi connectivity index (χ2v) is 5.73. The minimum absolute atomic E-state index is 0.0454. The lowest BCUT2D eigenvalue weighted by molar-refractivity contribution is -0.122. The molecule has 1 saturated carbocycles. The zero-order chi connectivity index (χ0) is 14.8. The van der Waals surface area contributed by atoms with Crippen molar-refractivity contribution in [1.82, 2.24) is 24.6 Å². The highest BCUT2D eigenvalue weighted by molar-refractivity contribution is 5.76. The zero-order valence-corrected chi connectivity index (χ0v) is 12.5. The SMILES string of the molecule is Cn1ccnc1[C@@H](NC(=O)CCc1ccnn1C)C1CC1. The van der Waals surface area contributed by atoms with E-state index in [0.29, 0.717) is 18.8 Å². The van der Waals surface area contributed by atoms with Gasteiger partial charge >= 0.3 is 0 Å². The van der Waals surface area contributed by atoms with E-state index in [1.807, 2.05) is 35.6 Å². The van der Waals surface area contributed by atoms with Crippen molar-refractivity contribution in [2.45, 2.75) is 31.7 Å². The minimum atomic E-state index is 0.0454. The Labute approximate surface area is 124 Å². The molecular weight excluding hydrogens is 266 g/mol. The minimum Gasteiger partial charge on any atom is -0.346 e. The number of aromatic nitrogens is 4. The molecule has 1 N–H and O–H groups in total. The van der Waals surface area contributed by atoms with Gasteiger partial charge in [-0.3, -0.25) is 9.48 Å². The van der Waals surface area contributed by atoms with Gasteiger partial charge in [-0.1, -0.05) is 0 Å². The van der Waals surface area contributed by atoms with E-state index in [0.717, 1.165) is 11.5 Å². The van der Waals surface area contributed by atoms with Crippen LogP contribution in [0, 0.1) is 5.92 Å². The number of nitrogens with one attached hydrogen (secondary N) is 1. The summed E-state index contributed by atoms with van der Waals surface area (Å²) in [6.07, 6.45) is 8.99. The Morgan fingerprint density at radius 3 is 2.81 bits per heavy atom. The van der Waals surface area contributed by atoms with Gasteiger partial charge in [0.05, 0.1) is 6.04 Å². The maximum atomic E-state index is 12.2. The molecule has 2 aromatic rings. The van der Waals surface area contributed by atoms with Crippen LogP contribution in [0.25, 0.3) is 0 Å². The van der Waals surface area contributed by atoms with E-state index in [2.05, 4.69) is 15.4 Å². The smallest absolute Gasteiger partial charge is 0.220 e. The summed E-state index contributed by atoms with van der Waals surface area (Å²) >= 11 is 0. The van der Waals surface area contributed by atoms with Crippen molar-refractivity contribution in [3.63, 3.8) is 0 Å². The highest BCUT2D eigenvalue weighted by Gasteiger charge is 2.35. The highest BCUT2D eigenvalue weighted by Crippen LogP contribution is 2.40. The van der Waals surface area contributed by atoms with E-state index < -0.39 is 0 Å². The van der Waals surface area contributed by atoms with Crippen LogP contribution in [0.3, 0.4) is 0 Å². The molecule has 0 aromatic carbocycles. The molecule has 112 valence electrons. The molecule has 1 aliphatic rings. The highest BCUT2D eigenvalue weighted by atomic mass is 16.1. The summed E-state index contributed by atoms with van der Waals surface area (Å²) in [4.78, 5) is 16.6. The normalized spacial score (nSPS) is 15.9. The summed E-state index contributed by atoms with van der Waals surface area (Å²) in [5.41, 5.74) is 1.07. The lowest BCUT2D eigenvalue weighted by Crippen LogP contribution is -2.31. The Balaban J connectivity index is 1.60. The third-order valence-corrected chi connectivity index (χ3v) is 4.08. The number of imidazole rings is 1. The Bertz CT molecular complexity index is 626. The van der Waals surface area contributed by atoms with Crippen LogP contribution >= 0.6 is 0 Å². The fourth-order valence-corrected chi connectivity index (χ4v) is 2.63. The maximum Gasteiger partial charge on any atom is 0.220 e. The lowest BCUT2D eigenvalue weighted by Gasteiger charge is -2.18. The van der Waals surface area contributed by atoms with Gasteiger partial charge in [-0.05, 0) is 31.2 Å². The van der Waals surface area contributed by atoms with Crippen molar-refractivity contribution in [3.05, 3.63) is 36.2 Å². The number of carbonyl (C=O) groups excluding carboxylic acids is 1. The Kier molecular flexibility index (Phi) is 3.77. The van der Waals surface area contributed by atoms with Crippen LogP contribution in [-0.4, -0.2) is 25.2 Å². The molecule has 0 spiro atoms. The number of hydrogen-bond donors (Lipinski definition) is 1. The summed E-state index contributed by atoms with van der Waals surface area (Å²) in [5.74, 6) is 1.56. The fourth-order valence-electron chi connectivity index (χ4n) is 2.63. The predicted molar refractivity (Wildman–Crippen MR) is 78.3 cm³/mol. The summed E-state index contributed by atoms with van der Waals surface area (Å²) in [7, 11) is 3.87. The van der Waals surface area contributed by atoms with Crippen molar-refractivity contribution in [2.75, 3.05) is 0 Å². The van der Waals surface area contributed by atoms with E-state index in [1.165, 1.54) is 12.8 Å². The second-order valence-electron chi connectivity index (χ2n) is 5.73. The van der Waals surface area contributed by atoms with E-state index in [9.17, 15) is 4.79 Å². The molecule has 2 aromatic heterocycles. The largest absolute Gasteiger partial charge is 0.346 e. The molecule has 0 aliphatic heterocycles. The average Bonchev–Trinajstić information content (AvgIpc) is 3.09. The number of hydrogen-bond acceptors (Lipinski definition) is 3. The summed E-state index contributed by atoms with van der Waals surface area (Å²) in [6, 6.07) is 1.99. The first-order valence-corrected chi connectivity index (χ1v) is 7.38. The van der Waals surface area contributed by atoms with E-state index in [-0.39, 0.29) is 11.9 Å². The third-order valence-electron chi connectivity index (χ3n) is 4.08. The van der Waals surface area contributed by atoms with Gasteiger partial charge in [0.1, 0.15) is 5.82 Å². The molecule has 1 aliphatic carbocycles. The van der Waals surface area contributed by atoms with Crippen LogP contribution in [0.4, 0.5) is 0 Å². The number of amides is 1. The predicted octanol–water partition coefficient (Wildman–Crippen LogP) is 1.35. The van der Waals surface area contributed by atoms with Gasteiger partial charge in [0.2, 0.25) is 5.91 Å². The summed E-state index contributed by atoms with van der Waals surface area (Å²) in [6.45, 7) is 0. The van der Waals surface area contributed by atoms with Crippen LogP contribution in [0.5, 0.6) is 0 Å². The van der Waals surface area contributed by atoms with Crippen molar-refractivity contribution >= 4 is 5.91 Å². The summed E-state index contributed by atoms with van der Waals surface area (Å²) < 4.78 is 3.80. The van der Waals surface area contributed by atoms with Crippen molar-refractivity contribution in [2.24, 2.45) is 20.0 Å². The first-order chi connectivity index (χ1) is 10.1. The number of carbonyl (C=O) groups is 1. The molecule has 1 amide bonds. The molecule has 21 heavy (non-hydrogen) atoms. The molecule has 0 unspecified atom stereocenters. The van der Waals surface area contributed by atoms with Crippen molar-refractivity contribution in [1.29, 1.82) is 0 Å². The van der Waals surface area contributed by atoms with Crippen LogP contribution < -0.4 is 5.32 Å². The standard InChI is InChI=1S/C15H21N5O/c1-19-10-9-16-15(19)14(11-3-4-11)18-13(21)6-5-12-7-8-17-20(12)2/h7-11,14H,3-6H2,1-2H3,(H,18,21)/t14-/m0/s1. The number of rotatable bonds is 6. The molecule has 0 bridgehead atoms. The number of nitrogens with zero attached hydrogens (tertiary/aromatic N) is 4. The van der Waals surface area contributed by atoms with Crippen molar-refractivity contribution in [3.8, 4) is 0 Å². The Morgan fingerprint density at radius 2 is 2.24 bits per heavy atom. The monoisotopic (exact) mass is 287 g/mol. The second kappa shape index (κ2) is 5.71. The van der Waals surface area contributed by atoms with E-state index in [4.69, 9.17) is 0 Å². The molecule has 6 nitrogen and oxygen atoms in total. The average molecular weight is 287 g/mol. The molecule has 3 rings (SSSR count). The van der Waals surface area contributed by atoms with Gasteiger partial charge in [-0.25, -0.2) is 4.98 Å². The van der Waals surface area contributed by atoms with Gasteiger partial charge in [0.25, 0.3) is 0 Å². The first-order valence-electron chi connectivity index (χ1n) is 7.38. The Hall–Kier alpha value is -2.11. The topological polar surface area (TPSA) is 64.7 Å². The fraction of sp³-hybridized carbons (Fsp3) is 0.533. The van der Waals surface area contributed by atoms with E-state index in [1.54, 1.807) is 12.4 Å². The molecule has 1 fully saturated rings. The van der Waals surface area contributed by atoms with Crippen LogP contribution in [0.15, 0.2) is 24.7 Å². The zero-order valence-electron chi connectivity index (χ0n) is 12.5. The third kappa shape index (κ3) is 3.15. The van der Waals surface area contributed by atoms with Gasteiger partial charge in [0, 0.05) is 44.8 Å². The van der Waals surface area contributed by atoms with Crippen LogP contribution in [0.2, 0.25) is 0 Å². The van der Waals surface area contributed by atoms with Crippen LogP contribution in [0.1, 0.15) is 36.8 Å². The van der Waals surface area contributed by atoms with E-state index >= 15 is 0 Å². The molecule has 1 atom stereocenters.